The molecule has 0 bridgehead atoms. The van der Waals surface area contributed by atoms with Crippen molar-refractivity contribution in [1.82, 2.24) is 0 Å². The third-order valence-corrected chi connectivity index (χ3v) is 4.28. The normalized spacial score (nSPS) is 20.9. The lowest BCUT2D eigenvalue weighted by Crippen LogP contribution is -2.43. The molecule has 1 aliphatic heterocycles. The average Bonchev–Trinajstić information content (AvgIpc) is 2.28. The maximum absolute atomic E-state index is 10.5. The lowest BCUT2D eigenvalue weighted by Gasteiger charge is -2.43. The lowest BCUT2D eigenvalue weighted by molar-refractivity contribution is -0.0407. The Morgan fingerprint density at radius 3 is 2.40 bits per heavy atom. The molecule has 0 spiro atoms. The second kappa shape index (κ2) is 6.07. The summed E-state index contributed by atoms with van der Waals surface area (Å²) < 4.78 is 7.37. The van der Waals surface area contributed by atoms with Crippen LogP contribution in [0.4, 0.5) is 0 Å². The zero-order valence-electron chi connectivity index (χ0n) is 12.8. The van der Waals surface area contributed by atoms with Crippen molar-refractivity contribution in [3.63, 3.8) is 0 Å². The van der Waals surface area contributed by atoms with E-state index in [-0.39, 0.29) is 5.60 Å². The highest BCUT2D eigenvalue weighted by atomic mass is 79.9. The van der Waals surface area contributed by atoms with Crippen LogP contribution in [0.25, 0.3) is 0 Å². The maximum atomic E-state index is 10.5. The molecule has 0 saturated carbocycles. The summed E-state index contributed by atoms with van der Waals surface area (Å²) in [7, 11) is 0. The molecule has 1 atom stereocenters. The Morgan fingerprint density at radius 1 is 1.25 bits per heavy atom. The van der Waals surface area contributed by atoms with Gasteiger partial charge in [-0.1, -0.05) is 43.6 Å². The van der Waals surface area contributed by atoms with Gasteiger partial charge in [-0.25, -0.2) is 0 Å². The van der Waals surface area contributed by atoms with E-state index in [1.54, 1.807) is 0 Å². The molecular weight excluding hydrogens is 316 g/mol. The van der Waals surface area contributed by atoms with Crippen LogP contribution in [-0.2, 0) is 0 Å². The van der Waals surface area contributed by atoms with Crippen molar-refractivity contribution < 1.29 is 9.84 Å². The number of aliphatic hydroxyl groups excluding tert-OH is 1. The van der Waals surface area contributed by atoms with Gasteiger partial charge in [-0.15, -0.1) is 0 Å². The van der Waals surface area contributed by atoms with E-state index in [2.05, 4.69) is 43.6 Å². The van der Waals surface area contributed by atoms with Gasteiger partial charge in [-0.3, -0.25) is 0 Å². The van der Waals surface area contributed by atoms with Crippen LogP contribution in [0.3, 0.4) is 0 Å². The van der Waals surface area contributed by atoms with Gasteiger partial charge in [-0.05, 0) is 42.9 Å². The molecule has 0 aliphatic carbocycles. The van der Waals surface area contributed by atoms with Crippen molar-refractivity contribution in [1.29, 1.82) is 0 Å². The third-order valence-electron chi connectivity index (χ3n) is 3.78. The molecule has 0 amide bonds. The fourth-order valence-corrected chi connectivity index (χ4v) is 3.81. The lowest BCUT2D eigenvalue weighted by atomic mass is 9.78. The van der Waals surface area contributed by atoms with E-state index in [9.17, 15) is 5.11 Å². The molecule has 2 rings (SSSR count). The van der Waals surface area contributed by atoms with Crippen LogP contribution < -0.4 is 4.74 Å². The minimum absolute atomic E-state index is 0.234. The van der Waals surface area contributed by atoms with Crippen LogP contribution in [0.2, 0.25) is 0 Å². The number of fused-ring (bicyclic) bond motifs is 1. The Morgan fingerprint density at radius 2 is 1.85 bits per heavy atom. The Bertz CT molecular complexity index is 458. The van der Waals surface area contributed by atoms with Crippen molar-refractivity contribution in [2.24, 2.45) is 11.8 Å². The summed E-state index contributed by atoms with van der Waals surface area (Å²) in [5.41, 5.74) is 0.672. The standard InChI is InChI=1S/C17H25BrO2/c1-11(2)8-17(9-12(3)4)10-15(19)14-7-13(18)5-6-16(14)20-17/h5-7,11-12,15,19H,8-10H2,1-4H3. The summed E-state index contributed by atoms with van der Waals surface area (Å²) in [6.07, 6.45) is 2.22. The molecule has 1 N–H and O–H groups in total. The summed E-state index contributed by atoms with van der Waals surface area (Å²) in [4.78, 5) is 0. The van der Waals surface area contributed by atoms with Gasteiger partial charge in [0.1, 0.15) is 11.4 Å². The second-order valence-corrected chi connectivity index (χ2v) is 7.80. The summed E-state index contributed by atoms with van der Waals surface area (Å²) in [6.45, 7) is 8.87. The number of ether oxygens (including phenoxy) is 1. The third kappa shape index (κ3) is 3.56. The first kappa shape index (κ1) is 15.8. The molecule has 0 aromatic heterocycles. The molecule has 0 fully saturated rings. The van der Waals surface area contributed by atoms with Crippen LogP contribution in [-0.4, -0.2) is 10.7 Å². The smallest absolute Gasteiger partial charge is 0.126 e. The highest BCUT2D eigenvalue weighted by molar-refractivity contribution is 9.10. The van der Waals surface area contributed by atoms with E-state index in [0.717, 1.165) is 28.6 Å². The summed E-state index contributed by atoms with van der Waals surface area (Å²) >= 11 is 3.46. The van der Waals surface area contributed by atoms with Gasteiger partial charge in [0.2, 0.25) is 0 Å². The van der Waals surface area contributed by atoms with Gasteiger partial charge in [0.15, 0.2) is 0 Å². The van der Waals surface area contributed by atoms with Crippen LogP contribution >= 0.6 is 15.9 Å². The van der Waals surface area contributed by atoms with E-state index >= 15 is 0 Å². The van der Waals surface area contributed by atoms with Crippen molar-refractivity contribution in [3.05, 3.63) is 28.2 Å². The largest absolute Gasteiger partial charge is 0.487 e. The number of aliphatic hydroxyl groups is 1. The minimum Gasteiger partial charge on any atom is -0.487 e. The number of hydrogen-bond donors (Lipinski definition) is 1. The van der Waals surface area contributed by atoms with Crippen molar-refractivity contribution >= 4 is 15.9 Å². The number of rotatable bonds is 4. The molecule has 20 heavy (non-hydrogen) atoms. The van der Waals surface area contributed by atoms with Gasteiger partial charge in [0.05, 0.1) is 6.10 Å². The molecule has 1 aromatic rings. The molecule has 1 aromatic carbocycles. The van der Waals surface area contributed by atoms with Crippen LogP contribution in [0.15, 0.2) is 22.7 Å². The molecule has 1 heterocycles. The van der Waals surface area contributed by atoms with E-state index in [0.29, 0.717) is 18.3 Å². The van der Waals surface area contributed by atoms with Gasteiger partial charge in [-0.2, -0.15) is 0 Å². The second-order valence-electron chi connectivity index (χ2n) is 6.88. The summed E-state index contributed by atoms with van der Waals surface area (Å²) in [5, 5.41) is 10.5. The van der Waals surface area contributed by atoms with Crippen LogP contribution in [0.1, 0.15) is 58.6 Å². The number of benzene rings is 1. The topological polar surface area (TPSA) is 29.5 Å². The monoisotopic (exact) mass is 340 g/mol. The molecular formula is C17H25BrO2. The van der Waals surface area contributed by atoms with Crippen LogP contribution in [0.5, 0.6) is 5.75 Å². The molecule has 3 heteroatoms. The highest BCUT2D eigenvalue weighted by Gasteiger charge is 2.41. The first-order valence-corrected chi connectivity index (χ1v) is 8.27. The van der Waals surface area contributed by atoms with E-state index < -0.39 is 6.10 Å². The first-order valence-electron chi connectivity index (χ1n) is 7.48. The van der Waals surface area contributed by atoms with Crippen molar-refractivity contribution in [3.8, 4) is 5.75 Å². The summed E-state index contributed by atoms with van der Waals surface area (Å²) in [5.74, 6) is 1.95. The van der Waals surface area contributed by atoms with Crippen molar-refractivity contribution in [2.75, 3.05) is 0 Å². The maximum Gasteiger partial charge on any atom is 0.126 e. The van der Waals surface area contributed by atoms with Crippen LogP contribution in [0, 0.1) is 11.8 Å². The van der Waals surface area contributed by atoms with Gasteiger partial charge in [0.25, 0.3) is 0 Å². The molecule has 1 aliphatic rings. The summed E-state index contributed by atoms with van der Waals surface area (Å²) in [6, 6.07) is 5.91. The fraction of sp³-hybridized carbons (Fsp3) is 0.647. The average molecular weight is 341 g/mol. The van der Waals surface area contributed by atoms with Gasteiger partial charge in [0, 0.05) is 16.5 Å². The van der Waals surface area contributed by atoms with E-state index in [4.69, 9.17) is 4.74 Å². The fourth-order valence-electron chi connectivity index (χ4n) is 3.43. The molecule has 0 radical (unpaired) electrons. The Hall–Kier alpha value is -0.540. The van der Waals surface area contributed by atoms with E-state index in [1.165, 1.54) is 0 Å². The van der Waals surface area contributed by atoms with E-state index in [1.807, 2.05) is 18.2 Å². The minimum atomic E-state index is -0.436. The molecule has 0 saturated heterocycles. The predicted molar refractivity (Wildman–Crippen MR) is 86.0 cm³/mol. The Labute approximate surface area is 130 Å². The quantitative estimate of drug-likeness (QED) is 0.826. The number of hydrogen-bond acceptors (Lipinski definition) is 2. The highest BCUT2D eigenvalue weighted by Crippen LogP contribution is 2.45. The Balaban J connectivity index is 2.34. The zero-order valence-corrected chi connectivity index (χ0v) is 14.4. The van der Waals surface area contributed by atoms with Gasteiger partial charge < -0.3 is 9.84 Å². The molecule has 2 nitrogen and oxygen atoms in total. The molecule has 112 valence electrons. The van der Waals surface area contributed by atoms with Crippen molar-refractivity contribution in [2.45, 2.75) is 58.7 Å². The Kier molecular flexibility index (Phi) is 4.80. The first-order chi connectivity index (χ1) is 9.31. The number of halogens is 1. The zero-order chi connectivity index (χ0) is 14.9. The molecule has 1 unspecified atom stereocenters. The predicted octanol–water partition coefficient (Wildman–Crippen LogP) is 5.10. The van der Waals surface area contributed by atoms with Gasteiger partial charge >= 0.3 is 0 Å². The SMILES string of the molecule is CC(C)CC1(CC(C)C)CC(O)c2cc(Br)ccc2O1.